The van der Waals surface area contributed by atoms with Crippen LogP contribution in [0.25, 0.3) is 10.4 Å². The van der Waals surface area contributed by atoms with Crippen molar-refractivity contribution in [3.05, 3.63) is 52.8 Å². The molecule has 2 aromatic heterocycles. The fourth-order valence-electron chi connectivity index (χ4n) is 4.75. The molecule has 1 aromatic carbocycles. The number of nitrogens with zero attached hydrogens (tertiary/aromatic N) is 3. The molecule has 11 heteroatoms. The average Bonchev–Trinajstić information content (AvgIpc) is 3.56. The predicted octanol–water partition coefficient (Wildman–Crippen LogP) is 3.70. The minimum atomic E-state index is -3.64. The normalized spacial score (nSPS) is 16.0. The highest BCUT2D eigenvalue weighted by atomic mass is 32.2. The van der Waals surface area contributed by atoms with E-state index in [1.54, 1.807) is 25.2 Å². The van der Waals surface area contributed by atoms with Gasteiger partial charge in [-0.3, -0.25) is 9.59 Å². The third kappa shape index (κ3) is 5.10. The van der Waals surface area contributed by atoms with E-state index in [9.17, 15) is 18.0 Å². The number of hydrogen-bond donors (Lipinski definition) is 2. The molecule has 1 saturated carbocycles. The molecule has 0 spiro atoms. The number of hydrogen-bond acceptors (Lipinski definition) is 8. The second-order valence-corrected chi connectivity index (χ2v) is 12.7. The monoisotopic (exact) mass is 539 g/mol. The summed E-state index contributed by atoms with van der Waals surface area (Å²) < 4.78 is 25.5. The fourth-order valence-corrected chi connectivity index (χ4v) is 6.64. The summed E-state index contributed by atoms with van der Waals surface area (Å²) >= 11 is 1.38. The van der Waals surface area contributed by atoms with E-state index >= 15 is 0 Å². The van der Waals surface area contributed by atoms with Crippen molar-refractivity contribution in [2.75, 3.05) is 18.6 Å². The molecule has 0 unspecified atom stereocenters. The summed E-state index contributed by atoms with van der Waals surface area (Å²) in [6, 6.07) is 9.01. The van der Waals surface area contributed by atoms with Crippen LogP contribution in [0, 0.1) is 12.8 Å². The van der Waals surface area contributed by atoms with Crippen LogP contribution >= 0.6 is 11.3 Å². The Balaban J connectivity index is 1.47. The number of sulfone groups is 1. The smallest absolute Gasteiger partial charge is 0.256 e. The summed E-state index contributed by atoms with van der Waals surface area (Å²) in [5.41, 5.74) is 3.12. The molecule has 0 bridgehead atoms. The van der Waals surface area contributed by atoms with Crippen LogP contribution < -0.4 is 10.6 Å². The molecule has 5 rings (SSSR count). The molecule has 3 heterocycles. The SMILES string of the molecule is CNC(=O)Cc1cccc(Nc2nc(C)c(-c3cc4c(c(S(C)(=O)=O)c3)C(=O)N([C@@H](C)C3CC3)C4)s2)n1. The van der Waals surface area contributed by atoms with Crippen LogP contribution in [0.15, 0.2) is 35.2 Å². The van der Waals surface area contributed by atoms with Crippen LogP contribution in [0.2, 0.25) is 0 Å². The molecule has 1 aliphatic heterocycles. The number of likely N-dealkylation sites (N-methyl/N-ethyl adjacent to an activating group) is 1. The number of aromatic nitrogens is 2. The van der Waals surface area contributed by atoms with Crippen molar-refractivity contribution in [1.82, 2.24) is 20.2 Å². The molecule has 1 atom stereocenters. The van der Waals surface area contributed by atoms with Gasteiger partial charge in [0, 0.05) is 25.9 Å². The number of fused-ring (bicyclic) bond motifs is 1. The van der Waals surface area contributed by atoms with Crippen molar-refractivity contribution < 1.29 is 18.0 Å². The van der Waals surface area contributed by atoms with Gasteiger partial charge in [-0.25, -0.2) is 18.4 Å². The molecule has 9 nitrogen and oxygen atoms in total. The minimum absolute atomic E-state index is 0.0707. The molecule has 37 heavy (non-hydrogen) atoms. The van der Waals surface area contributed by atoms with Gasteiger partial charge in [0.2, 0.25) is 5.91 Å². The first-order chi connectivity index (χ1) is 17.5. The largest absolute Gasteiger partial charge is 0.359 e. The molecule has 1 fully saturated rings. The maximum Gasteiger partial charge on any atom is 0.256 e. The van der Waals surface area contributed by atoms with Gasteiger partial charge in [-0.2, -0.15) is 0 Å². The molecule has 2 amide bonds. The van der Waals surface area contributed by atoms with Crippen LogP contribution in [-0.2, 0) is 27.6 Å². The topological polar surface area (TPSA) is 121 Å². The van der Waals surface area contributed by atoms with Crippen LogP contribution in [0.4, 0.5) is 10.9 Å². The number of aryl methyl sites for hydroxylation is 1. The summed E-state index contributed by atoms with van der Waals surface area (Å²) in [5, 5.41) is 6.38. The minimum Gasteiger partial charge on any atom is -0.359 e. The zero-order chi connectivity index (χ0) is 26.5. The predicted molar refractivity (Wildman–Crippen MR) is 143 cm³/mol. The van der Waals surface area contributed by atoms with Crippen LogP contribution in [0.1, 0.15) is 47.1 Å². The standard InChI is InChI=1S/C26H29N5O4S2/c1-14-24(36-26(28-14)30-21-7-5-6-19(29-21)12-22(32)27-3)17-10-18-13-31(15(2)16-8-9-16)25(33)23(18)20(11-17)37(4,34)35/h5-7,10-11,15-16H,8-9,12-13H2,1-4H3,(H,27,32)(H,28,29,30)/t15-/m0/s1. The zero-order valence-corrected chi connectivity index (χ0v) is 22.8. The number of thiazole rings is 1. The Morgan fingerprint density at radius 3 is 2.68 bits per heavy atom. The molecule has 1 aliphatic carbocycles. The summed E-state index contributed by atoms with van der Waals surface area (Å²) in [6.45, 7) is 4.32. The van der Waals surface area contributed by atoms with Gasteiger partial charge in [-0.05, 0) is 68.0 Å². The Morgan fingerprint density at radius 1 is 1.24 bits per heavy atom. The third-order valence-corrected chi connectivity index (χ3v) is 9.16. The van der Waals surface area contributed by atoms with Gasteiger partial charge in [-0.1, -0.05) is 17.4 Å². The van der Waals surface area contributed by atoms with Gasteiger partial charge >= 0.3 is 0 Å². The van der Waals surface area contributed by atoms with E-state index in [4.69, 9.17) is 0 Å². The van der Waals surface area contributed by atoms with Crippen LogP contribution in [0.5, 0.6) is 0 Å². The molecule has 194 valence electrons. The Hall–Kier alpha value is -3.31. The van der Waals surface area contributed by atoms with Crippen molar-refractivity contribution in [2.24, 2.45) is 5.92 Å². The van der Waals surface area contributed by atoms with Gasteiger partial charge in [-0.15, -0.1) is 0 Å². The zero-order valence-electron chi connectivity index (χ0n) is 21.2. The molecule has 2 N–H and O–H groups in total. The lowest BCUT2D eigenvalue weighted by atomic mass is 10.0. The Bertz CT molecular complexity index is 1510. The maximum atomic E-state index is 13.3. The first-order valence-electron chi connectivity index (χ1n) is 12.1. The number of carbonyl (C=O) groups is 2. The van der Waals surface area contributed by atoms with Crippen molar-refractivity contribution >= 4 is 43.9 Å². The van der Waals surface area contributed by atoms with Crippen LogP contribution in [0.3, 0.4) is 0 Å². The van der Waals surface area contributed by atoms with Crippen molar-refractivity contribution in [3.63, 3.8) is 0 Å². The Kier molecular flexibility index (Phi) is 6.53. The molecule has 3 aromatic rings. The van der Waals surface area contributed by atoms with Gasteiger partial charge < -0.3 is 15.5 Å². The molecule has 2 aliphatic rings. The summed E-state index contributed by atoms with van der Waals surface area (Å²) in [7, 11) is -2.06. The van der Waals surface area contributed by atoms with E-state index in [1.165, 1.54) is 11.3 Å². The molecular weight excluding hydrogens is 510 g/mol. The van der Waals surface area contributed by atoms with Crippen molar-refractivity contribution in [1.29, 1.82) is 0 Å². The third-order valence-electron chi connectivity index (χ3n) is 6.92. The van der Waals surface area contributed by atoms with E-state index < -0.39 is 9.84 Å². The lowest BCUT2D eigenvalue weighted by molar-refractivity contribution is -0.120. The highest BCUT2D eigenvalue weighted by Crippen LogP contribution is 2.42. The first kappa shape index (κ1) is 25.3. The van der Waals surface area contributed by atoms with Gasteiger partial charge in [0.1, 0.15) is 5.82 Å². The van der Waals surface area contributed by atoms with E-state index in [0.717, 1.165) is 40.8 Å². The number of amides is 2. The molecular formula is C26H29N5O4S2. The average molecular weight is 540 g/mol. The number of carbonyl (C=O) groups excluding carboxylic acids is 2. The number of anilines is 2. The van der Waals surface area contributed by atoms with Crippen molar-refractivity contribution in [2.45, 2.75) is 50.6 Å². The summed E-state index contributed by atoms with van der Waals surface area (Å²) in [4.78, 5) is 36.8. The Morgan fingerprint density at radius 2 is 2.00 bits per heavy atom. The lowest BCUT2D eigenvalue weighted by Crippen LogP contribution is -2.35. The van der Waals surface area contributed by atoms with Gasteiger partial charge in [0.05, 0.1) is 33.1 Å². The van der Waals surface area contributed by atoms with E-state index in [1.807, 2.05) is 30.9 Å². The summed E-state index contributed by atoms with van der Waals surface area (Å²) in [5.74, 6) is 0.717. The quantitative estimate of drug-likeness (QED) is 0.448. The number of rotatable bonds is 8. The van der Waals surface area contributed by atoms with E-state index in [0.29, 0.717) is 34.7 Å². The Labute approximate surface area is 220 Å². The lowest BCUT2D eigenvalue weighted by Gasteiger charge is -2.24. The number of benzene rings is 1. The van der Waals surface area contributed by atoms with Crippen LogP contribution in [-0.4, -0.2) is 54.4 Å². The maximum absolute atomic E-state index is 13.3. The van der Waals surface area contributed by atoms with Crippen molar-refractivity contribution in [3.8, 4) is 10.4 Å². The first-order valence-corrected chi connectivity index (χ1v) is 14.8. The van der Waals surface area contributed by atoms with E-state index in [-0.39, 0.29) is 29.2 Å². The van der Waals surface area contributed by atoms with E-state index in [2.05, 4.69) is 20.6 Å². The fraction of sp³-hybridized carbons (Fsp3) is 0.385. The molecule has 0 radical (unpaired) electrons. The summed E-state index contributed by atoms with van der Waals surface area (Å²) in [6.07, 6.45) is 3.53. The molecule has 0 saturated heterocycles. The number of pyridine rings is 1. The van der Waals surface area contributed by atoms with Gasteiger partial charge in [0.15, 0.2) is 15.0 Å². The highest BCUT2D eigenvalue weighted by molar-refractivity contribution is 7.90. The highest BCUT2D eigenvalue weighted by Gasteiger charge is 2.41. The second kappa shape index (κ2) is 9.53. The van der Waals surface area contributed by atoms with Gasteiger partial charge in [0.25, 0.3) is 5.91 Å². The number of nitrogens with one attached hydrogen (secondary N) is 2. The second-order valence-electron chi connectivity index (χ2n) is 9.71.